The first-order valence-electron chi connectivity index (χ1n) is 9.31. The standard InChI is InChI=1S/C18H26F2N4O2S/c1-2-21-18(22-12-14-5-10-27(25,26)13-14)24-8-6-23(7-9-24)17-11-15(19)3-4-16(17)20/h3-4,11,14H,2,5-10,12-13H2,1H3,(H,21,22). The zero-order valence-corrected chi connectivity index (χ0v) is 16.3. The molecule has 2 fully saturated rings. The molecule has 2 saturated heterocycles. The predicted octanol–water partition coefficient (Wildman–Crippen LogP) is 1.49. The van der Waals surface area contributed by atoms with Gasteiger partial charge in [-0.3, -0.25) is 4.99 Å². The molecule has 150 valence electrons. The lowest BCUT2D eigenvalue weighted by molar-refractivity contribution is 0.369. The van der Waals surface area contributed by atoms with Crippen LogP contribution in [0.25, 0.3) is 0 Å². The number of aliphatic imine (C=N–C) groups is 1. The number of nitrogens with one attached hydrogen (secondary N) is 1. The van der Waals surface area contributed by atoms with E-state index >= 15 is 0 Å². The fourth-order valence-corrected chi connectivity index (χ4v) is 5.39. The van der Waals surface area contributed by atoms with E-state index in [4.69, 9.17) is 0 Å². The maximum Gasteiger partial charge on any atom is 0.194 e. The van der Waals surface area contributed by atoms with E-state index in [2.05, 4.69) is 15.2 Å². The Morgan fingerprint density at radius 2 is 2.00 bits per heavy atom. The minimum Gasteiger partial charge on any atom is -0.366 e. The number of guanidine groups is 1. The van der Waals surface area contributed by atoms with Gasteiger partial charge < -0.3 is 15.1 Å². The topological polar surface area (TPSA) is 65.0 Å². The number of sulfone groups is 1. The zero-order chi connectivity index (χ0) is 19.4. The molecule has 6 nitrogen and oxygen atoms in total. The Bertz CT molecular complexity index is 793. The Kier molecular flexibility index (Phi) is 6.18. The highest BCUT2D eigenvalue weighted by Crippen LogP contribution is 2.22. The molecule has 27 heavy (non-hydrogen) atoms. The summed E-state index contributed by atoms with van der Waals surface area (Å²) in [5.74, 6) is 0.417. The summed E-state index contributed by atoms with van der Waals surface area (Å²) in [5.41, 5.74) is 0.285. The number of hydrogen-bond donors (Lipinski definition) is 1. The first-order valence-corrected chi connectivity index (χ1v) is 11.1. The second-order valence-corrected chi connectivity index (χ2v) is 9.26. The summed E-state index contributed by atoms with van der Waals surface area (Å²) >= 11 is 0. The van der Waals surface area contributed by atoms with E-state index in [0.717, 1.165) is 18.1 Å². The van der Waals surface area contributed by atoms with Crippen molar-refractivity contribution in [3.05, 3.63) is 29.8 Å². The molecule has 3 rings (SSSR count). The van der Waals surface area contributed by atoms with E-state index in [0.29, 0.717) is 45.7 Å². The van der Waals surface area contributed by atoms with E-state index in [1.807, 2.05) is 11.8 Å². The maximum absolute atomic E-state index is 14.0. The number of anilines is 1. The van der Waals surface area contributed by atoms with Gasteiger partial charge in [0.15, 0.2) is 15.8 Å². The second-order valence-electron chi connectivity index (χ2n) is 7.03. The number of halogens is 2. The summed E-state index contributed by atoms with van der Waals surface area (Å²) in [6.07, 6.45) is 0.665. The molecule has 1 N–H and O–H groups in total. The van der Waals surface area contributed by atoms with Crippen molar-refractivity contribution in [1.29, 1.82) is 0 Å². The molecule has 0 aliphatic carbocycles. The molecule has 0 amide bonds. The fraction of sp³-hybridized carbons (Fsp3) is 0.611. The Morgan fingerprint density at radius 1 is 1.26 bits per heavy atom. The van der Waals surface area contributed by atoms with Crippen LogP contribution in [0.4, 0.5) is 14.5 Å². The van der Waals surface area contributed by atoms with Crippen LogP contribution in [0.3, 0.4) is 0 Å². The summed E-state index contributed by atoms with van der Waals surface area (Å²) in [6, 6.07) is 3.50. The third-order valence-corrected chi connectivity index (χ3v) is 6.83. The summed E-state index contributed by atoms with van der Waals surface area (Å²) in [6.45, 7) is 5.55. The fourth-order valence-electron chi connectivity index (χ4n) is 3.54. The number of benzene rings is 1. The Labute approximate surface area is 159 Å². The minimum atomic E-state index is -2.90. The van der Waals surface area contributed by atoms with Crippen molar-refractivity contribution in [2.24, 2.45) is 10.9 Å². The molecular weight excluding hydrogens is 374 g/mol. The highest BCUT2D eigenvalue weighted by molar-refractivity contribution is 7.91. The molecule has 1 aromatic carbocycles. The molecule has 0 spiro atoms. The van der Waals surface area contributed by atoms with Gasteiger partial charge in [0.1, 0.15) is 11.6 Å². The summed E-state index contributed by atoms with van der Waals surface area (Å²) < 4.78 is 50.6. The monoisotopic (exact) mass is 400 g/mol. The van der Waals surface area contributed by atoms with Crippen LogP contribution in [0.5, 0.6) is 0 Å². The molecule has 0 radical (unpaired) electrons. The van der Waals surface area contributed by atoms with Crippen molar-refractivity contribution < 1.29 is 17.2 Å². The molecule has 1 atom stereocenters. The van der Waals surface area contributed by atoms with Crippen LogP contribution >= 0.6 is 0 Å². The van der Waals surface area contributed by atoms with E-state index in [-0.39, 0.29) is 23.1 Å². The lowest BCUT2D eigenvalue weighted by Gasteiger charge is -2.37. The molecule has 2 aliphatic heterocycles. The van der Waals surface area contributed by atoms with Crippen LogP contribution in [-0.4, -0.2) is 70.1 Å². The molecule has 1 unspecified atom stereocenters. The van der Waals surface area contributed by atoms with Crippen LogP contribution in [0.2, 0.25) is 0 Å². The Hall–Kier alpha value is -1.90. The molecule has 0 aromatic heterocycles. The van der Waals surface area contributed by atoms with Gasteiger partial charge in [0.05, 0.1) is 17.2 Å². The maximum atomic E-state index is 14.0. The molecule has 0 bridgehead atoms. The van der Waals surface area contributed by atoms with Gasteiger partial charge in [-0.25, -0.2) is 17.2 Å². The van der Waals surface area contributed by atoms with Gasteiger partial charge in [-0.05, 0) is 31.4 Å². The highest BCUT2D eigenvalue weighted by atomic mass is 32.2. The summed E-state index contributed by atoms with van der Waals surface area (Å²) in [4.78, 5) is 8.55. The smallest absolute Gasteiger partial charge is 0.194 e. The first-order chi connectivity index (χ1) is 12.9. The first kappa shape index (κ1) is 19.9. The normalized spacial score (nSPS) is 22.9. The van der Waals surface area contributed by atoms with E-state index in [9.17, 15) is 17.2 Å². The van der Waals surface area contributed by atoms with Crippen molar-refractivity contribution in [3.8, 4) is 0 Å². The minimum absolute atomic E-state index is 0.0753. The predicted molar refractivity (Wildman–Crippen MR) is 103 cm³/mol. The summed E-state index contributed by atoms with van der Waals surface area (Å²) in [5, 5.41) is 3.25. The average molecular weight is 400 g/mol. The van der Waals surface area contributed by atoms with Gasteiger partial charge in [-0.1, -0.05) is 0 Å². The van der Waals surface area contributed by atoms with Crippen molar-refractivity contribution in [3.63, 3.8) is 0 Å². The molecule has 2 aliphatic rings. The molecule has 9 heteroatoms. The van der Waals surface area contributed by atoms with Crippen LogP contribution in [-0.2, 0) is 9.84 Å². The van der Waals surface area contributed by atoms with Gasteiger partial charge in [-0.2, -0.15) is 0 Å². The molecule has 0 saturated carbocycles. The average Bonchev–Trinajstić information content (AvgIpc) is 3.00. The second kappa shape index (κ2) is 8.41. The van der Waals surface area contributed by atoms with Gasteiger partial charge >= 0.3 is 0 Å². The number of hydrogen-bond acceptors (Lipinski definition) is 4. The zero-order valence-electron chi connectivity index (χ0n) is 15.5. The van der Waals surface area contributed by atoms with Gasteiger partial charge in [-0.15, -0.1) is 0 Å². The SMILES string of the molecule is CCNC(=NCC1CCS(=O)(=O)C1)N1CCN(c2cc(F)ccc2F)CC1. The number of rotatable bonds is 4. The van der Waals surface area contributed by atoms with E-state index < -0.39 is 21.5 Å². The highest BCUT2D eigenvalue weighted by Gasteiger charge is 2.28. The van der Waals surface area contributed by atoms with Crippen molar-refractivity contribution in [2.75, 3.05) is 55.7 Å². The van der Waals surface area contributed by atoms with E-state index in [1.165, 1.54) is 6.07 Å². The van der Waals surface area contributed by atoms with Crippen LogP contribution in [0, 0.1) is 17.6 Å². The number of nitrogens with zero attached hydrogens (tertiary/aromatic N) is 3. The van der Waals surface area contributed by atoms with E-state index in [1.54, 1.807) is 0 Å². The van der Waals surface area contributed by atoms with Crippen molar-refractivity contribution >= 4 is 21.5 Å². The Balaban J connectivity index is 1.61. The number of piperazine rings is 1. The largest absolute Gasteiger partial charge is 0.366 e. The van der Waals surface area contributed by atoms with Crippen LogP contribution in [0.1, 0.15) is 13.3 Å². The van der Waals surface area contributed by atoms with Gasteiger partial charge in [0.2, 0.25) is 0 Å². The molecule has 2 heterocycles. The molecule has 1 aromatic rings. The lowest BCUT2D eigenvalue weighted by Crippen LogP contribution is -2.52. The lowest BCUT2D eigenvalue weighted by atomic mass is 10.1. The van der Waals surface area contributed by atoms with Crippen LogP contribution < -0.4 is 10.2 Å². The summed E-state index contributed by atoms with van der Waals surface area (Å²) in [7, 11) is -2.90. The third-order valence-electron chi connectivity index (χ3n) is 4.99. The molecular formula is C18H26F2N4O2S. The van der Waals surface area contributed by atoms with Crippen LogP contribution in [0.15, 0.2) is 23.2 Å². The van der Waals surface area contributed by atoms with Crippen molar-refractivity contribution in [1.82, 2.24) is 10.2 Å². The quantitative estimate of drug-likeness (QED) is 0.613. The van der Waals surface area contributed by atoms with Gasteiger partial charge in [0, 0.05) is 45.3 Å². The Morgan fingerprint density at radius 3 is 2.63 bits per heavy atom. The van der Waals surface area contributed by atoms with Gasteiger partial charge in [0.25, 0.3) is 0 Å². The van der Waals surface area contributed by atoms with Crippen molar-refractivity contribution in [2.45, 2.75) is 13.3 Å². The third kappa shape index (κ3) is 5.09.